The van der Waals surface area contributed by atoms with Gasteiger partial charge < -0.3 is 5.21 Å². The minimum atomic E-state index is -0.447. The van der Waals surface area contributed by atoms with Crippen LogP contribution in [0.15, 0.2) is 23.7 Å². The van der Waals surface area contributed by atoms with E-state index in [1.807, 2.05) is 0 Å². The van der Waals surface area contributed by atoms with Crippen LogP contribution in [-0.4, -0.2) is 16.6 Å². The van der Waals surface area contributed by atoms with Crippen LogP contribution in [0.1, 0.15) is 50.5 Å². The number of fused-ring (bicyclic) bond motifs is 2. The molecule has 6 nitrogen and oxygen atoms in total. The van der Waals surface area contributed by atoms with Gasteiger partial charge in [0.1, 0.15) is 0 Å². The molecular weight excluding hydrogens is 268 g/mol. The number of hydrazone groups is 1. The molecule has 1 N–H and O–H groups in total. The molecular formula is C15H20N4O2. The standard InChI is InChI=1S/C15H20N4O2/c1-14(2)10-4-5-15(14,3)12(8-10)17-18-13(20)11-9-19(21)7-6-16-11/h6-7,9-10H,4-5,8H2,1-3H3,(H,18,20)/b17-12+. The van der Waals surface area contributed by atoms with Crippen molar-refractivity contribution in [2.75, 3.05) is 0 Å². The van der Waals surface area contributed by atoms with Crippen molar-refractivity contribution in [2.24, 2.45) is 21.8 Å². The molecule has 2 unspecified atom stereocenters. The Morgan fingerprint density at radius 2 is 2.29 bits per heavy atom. The van der Waals surface area contributed by atoms with Crippen molar-refractivity contribution in [1.29, 1.82) is 0 Å². The number of nitrogens with zero attached hydrogens (tertiary/aromatic N) is 3. The molecule has 2 bridgehead atoms. The molecule has 0 radical (unpaired) electrons. The van der Waals surface area contributed by atoms with Crippen LogP contribution in [0.2, 0.25) is 0 Å². The number of amides is 1. The normalized spacial score (nSPS) is 31.6. The van der Waals surface area contributed by atoms with Gasteiger partial charge in [0.05, 0.1) is 6.20 Å². The van der Waals surface area contributed by atoms with E-state index in [0.29, 0.717) is 10.6 Å². The molecule has 1 amide bonds. The van der Waals surface area contributed by atoms with E-state index in [-0.39, 0.29) is 16.5 Å². The maximum Gasteiger partial charge on any atom is 0.296 e. The van der Waals surface area contributed by atoms with Gasteiger partial charge in [-0.1, -0.05) is 20.8 Å². The van der Waals surface area contributed by atoms with Crippen LogP contribution in [0.4, 0.5) is 0 Å². The molecule has 112 valence electrons. The molecule has 2 atom stereocenters. The number of hydrogen-bond acceptors (Lipinski definition) is 4. The Morgan fingerprint density at radius 3 is 2.86 bits per heavy atom. The first-order chi connectivity index (χ1) is 9.84. The van der Waals surface area contributed by atoms with Crippen molar-refractivity contribution in [3.05, 3.63) is 29.5 Å². The largest absolute Gasteiger partial charge is 0.619 e. The third-order valence-electron chi connectivity index (χ3n) is 5.71. The maximum absolute atomic E-state index is 12.0. The molecule has 3 rings (SSSR count). The van der Waals surface area contributed by atoms with Crippen molar-refractivity contribution in [2.45, 2.75) is 40.0 Å². The number of nitrogens with one attached hydrogen (secondary N) is 1. The Kier molecular flexibility index (Phi) is 3.00. The Balaban J connectivity index is 1.77. The van der Waals surface area contributed by atoms with Gasteiger partial charge in [0.25, 0.3) is 5.91 Å². The minimum Gasteiger partial charge on any atom is -0.619 e. The van der Waals surface area contributed by atoms with Crippen molar-refractivity contribution < 1.29 is 9.52 Å². The van der Waals surface area contributed by atoms with Crippen LogP contribution in [-0.2, 0) is 0 Å². The molecule has 1 aromatic rings. The van der Waals surface area contributed by atoms with Gasteiger partial charge >= 0.3 is 0 Å². The monoisotopic (exact) mass is 288 g/mol. The fourth-order valence-electron chi connectivity index (χ4n) is 3.77. The highest BCUT2D eigenvalue weighted by molar-refractivity contribution is 5.97. The molecule has 1 heterocycles. The van der Waals surface area contributed by atoms with Gasteiger partial charge in [0.2, 0.25) is 6.20 Å². The summed E-state index contributed by atoms with van der Waals surface area (Å²) >= 11 is 0. The number of carbonyl (C=O) groups excluding carboxylic acids is 1. The van der Waals surface area contributed by atoms with Gasteiger partial charge in [-0.3, -0.25) is 4.79 Å². The second-order valence-corrected chi connectivity index (χ2v) is 6.79. The Morgan fingerprint density at radius 1 is 1.52 bits per heavy atom. The van der Waals surface area contributed by atoms with Gasteiger partial charge in [0, 0.05) is 11.1 Å². The molecule has 0 spiro atoms. The third-order valence-corrected chi connectivity index (χ3v) is 5.71. The van der Waals surface area contributed by atoms with E-state index in [1.54, 1.807) is 0 Å². The zero-order chi connectivity index (χ0) is 15.3. The van der Waals surface area contributed by atoms with Gasteiger partial charge in [-0.05, 0) is 30.6 Å². The quantitative estimate of drug-likeness (QED) is 0.510. The minimum absolute atomic E-state index is 0.0491. The lowest BCUT2D eigenvalue weighted by molar-refractivity contribution is -0.606. The fourth-order valence-corrected chi connectivity index (χ4v) is 3.77. The SMILES string of the molecule is CC12CCC(C/C1=N\NC(=O)c1c[n+]([O-])ccn1)C2(C)C. The van der Waals surface area contributed by atoms with E-state index in [4.69, 9.17) is 0 Å². The highest BCUT2D eigenvalue weighted by Gasteiger charge is 2.60. The summed E-state index contributed by atoms with van der Waals surface area (Å²) < 4.78 is 0.553. The second-order valence-electron chi connectivity index (χ2n) is 6.79. The van der Waals surface area contributed by atoms with E-state index >= 15 is 0 Å². The first-order valence-corrected chi connectivity index (χ1v) is 7.27. The summed E-state index contributed by atoms with van der Waals surface area (Å²) in [6, 6.07) is 0. The molecule has 6 heteroatoms. The average Bonchev–Trinajstić information content (AvgIpc) is 2.77. The summed E-state index contributed by atoms with van der Waals surface area (Å²) in [5.74, 6) is 0.189. The van der Waals surface area contributed by atoms with E-state index in [2.05, 4.69) is 36.3 Å². The fraction of sp³-hybridized carbons (Fsp3) is 0.600. The highest BCUT2D eigenvalue weighted by Crippen LogP contribution is 2.63. The summed E-state index contributed by atoms with van der Waals surface area (Å²) in [5, 5.41) is 15.5. The van der Waals surface area contributed by atoms with Crippen LogP contribution in [0.25, 0.3) is 0 Å². The first-order valence-electron chi connectivity index (χ1n) is 7.27. The molecule has 2 fully saturated rings. The first kappa shape index (κ1) is 14.0. The topological polar surface area (TPSA) is 81.3 Å². The zero-order valence-electron chi connectivity index (χ0n) is 12.6. The van der Waals surface area contributed by atoms with Gasteiger partial charge in [0.15, 0.2) is 11.9 Å². The molecule has 2 saturated carbocycles. The van der Waals surface area contributed by atoms with E-state index in [0.717, 1.165) is 24.8 Å². The van der Waals surface area contributed by atoms with E-state index in [9.17, 15) is 10.0 Å². The molecule has 2 aliphatic carbocycles. The summed E-state index contributed by atoms with van der Waals surface area (Å²) in [7, 11) is 0. The van der Waals surface area contributed by atoms with Gasteiger partial charge in [-0.2, -0.15) is 9.83 Å². The smallest absolute Gasteiger partial charge is 0.296 e. The van der Waals surface area contributed by atoms with Crippen LogP contribution in [0, 0.1) is 22.0 Å². The molecule has 0 saturated heterocycles. The summed E-state index contributed by atoms with van der Waals surface area (Å²) in [5.41, 5.74) is 3.95. The van der Waals surface area contributed by atoms with E-state index in [1.165, 1.54) is 18.8 Å². The molecule has 1 aromatic heterocycles. The highest BCUT2D eigenvalue weighted by atomic mass is 16.5. The summed E-state index contributed by atoms with van der Waals surface area (Å²) in [4.78, 5) is 15.9. The Labute approximate surface area is 123 Å². The Hall–Kier alpha value is -1.98. The molecule has 0 aromatic carbocycles. The molecule has 0 aliphatic heterocycles. The predicted octanol–water partition coefficient (Wildman–Crippen LogP) is 1.65. The molecule has 2 aliphatic rings. The second kappa shape index (κ2) is 4.51. The number of aromatic nitrogens is 2. The van der Waals surface area contributed by atoms with Crippen molar-refractivity contribution in [1.82, 2.24) is 10.4 Å². The number of carbonyl (C=O) groups is 1. The Bertz CT molecular complexity index is 626. The average molecular weight is 288 g/mol. The van der Waals surface area contributed by atoms with E-state index < -0.39 is 5.91 Å². The summed E-state index contributed by atoms with van der Waals surface area (Å²) in [6.45, 7) is 6.81. The zero-order valence-corrected chi connectivity index (χ0v) is 12.6. The lowest BCUT2D eigenvalue weighted by atomic mass is 9.70. The predicted molar refractivity (Wildman–Crippen MR) is 77.3 cm³/mol. The maximum atomic E-state index is 12.0. The molecule has 21 heavy (non-hydrogen) atoms. The van der Waals surface area contributed by atoms with Gasteiger partial charge in [-0.25, -0.2) is 10.4 Å². The lowest BCUT2D eigenvalue weighted by Crippen LogP contribution is -2.35. The van der Waals surface area contributed by atoms with Crippen molar-refractivity contribution >= 4 is 11.6 Å². The van der Waals surface area contributed by atoms with Crippen LogP contribution >= 0.6 is 0 Å². The number of hydrogen-bond donors (Lipinski definition) is 1. The van der Waals surface area contributed by atoms with Crippen LogP contribution in [0.3, 0.4) is 0 Å². The number of rotatable bonds is 2. The van der Waals surface area contributed by atoms with Gasteiger partial charge in [-0.15, -0.1) is 0 Å². The summed E-state index contributed by atoms with van der Waals surface area (Å²) in [6.07, 6.45) is 6.96. The van der Waals surface area contributed by atoms with Crippen molar-refractivity contribution in [3.63, 3.8) is 0 Å². The third kappa shape index (κ3) is 2.01. The van der Waals surface area contributed by atoms with Crippen LogP contribution < -0.4 is 10.2 Å². The van der Waals surface area contributed by atoms with Crippen molar-refractivity contribution in [3.8, 4) is 0 Å². The lowest BCUT2D eigenvalue weighted by Gasteiger charge is -2.34. The van der Waals surface area contributed by atoms with Crippen LogP contribution in [0.5, 0.6) is 0 Å².